The highest BCUT2D eigenvalue weighted by Gasteiger charge is 2.41. The first-order chi connectivity index (χ1) is 18.9. The molecular weight excluding hydrogens is 502 g/mol. The molecule has 11 nitrogen and oxygen atoms in total. The van der Waals surface area contributed by atoms with Gasteiger partial charge in [-0.25, -0.2) is 4.98 Å². The Hall–Kier alpha value is -4.38. The highest BCUT2D eigenvalue weighted by molar-refractivity contribution is 5.98. The predicted octanol–water partition coefficient (Wildman–Crippen LogP) is 1.71. The molecule has 2 N–H and O–H groups in total. The van der Waals surface area contributed by atoms with Crippen LogP contribution in [0.3, 0.4) is 0 Å². The van der Waals surface area contributed by atoms with Crippen molar-refractivity contribution in [3.05, 3.63) is 72.1 Å². The molecule has 11 heteroatoms. The third-order valence-corrected chi connectivity index (χ3v) is 6.79. The van der Waals surface area contributed by atoms with Crippen LogP contribution in [0.1, 0.15) is 42.2 Å². The van der Waals surface area contributed by atoms with E-state index < -0.39 is 42.2 Å². The molecule has 2 fully saturated rings. The number of benzene rings is 2. The highest BCUT2D eigenvalue weighted by atomic mass is 16.7. The van der Waals surface area contributed by atoms with Crippen LogP contribution >= 0.6 is 0 Å². The topological polar surface area (TPSA) is 140 Å². The van der Waals surface area contributed by atoms with Gasteiger partial charge in [0.2, 0.25) is 18.1 Å². The van der Waals surface area contributed by atoms with Gasteiger partial charge in [-0.3, -0.25) is 24.2 Å². The number of hydrogen-bond acceptors (Lipinski definition) is 8. The van der Waals surface area contributed by atoms with Crippen LogP contribution in [0.4, 0.5) is 0 Å². The molecule has 3 amide bonds. The molecule has 0 spiro atoms. The SMILES string of the molecule is CC(NC(=O)c1cnc2ccccc2n1)C(=O)N1CCCC1C(=O)NC1CC(=O)OC1OCc1ccccc1. The Balaban J connectivity index is 1.18. The van der Waals surface area contributed by atoms with Gasteiger partial charge in [-0.2, -0.15) is 0 Å². The number of nitrogens with zero attached hydrogens (tertiary/aromatic N) is 3. The highest BCUT2D eigenvalue weighted by Crippen LogP contribution is 2.22. The summed E-state index contributed by atoms with van der Waals surface area (Å²) in [5.41, 5.74) is 2.23. The molecule has 1 aromatic heterocycles. The summed E-state index contributed by atoms with van der Waals surface area (Å²) < 4.78 is 11.0. The average Bonchev–Trinajstić information content (AvgIpc) is 3.58. The fraction of sp³-hybridized carbons (Fsp3) is 0.357. The Kier molecular flexibility index (Phi) is 7.78. The zero-order chi connectivity index (χ0) is 27.4. The largest absolute Gasteiger partial charge is 0.433 e. The van der Waals surface area contributed by atoms with Crippen LogP contribution in [0.5, 0.6) is 0 Å². The lowest BCUT2D eigenvalue weighted by atomic mass is 10.1. The molecule has 5 rings (SSSR count). The number of esters is 1. The number of ether oxygens (including phenoxy) is 2. The number of para-hydroxylation sites is 2. The van der Waals surface area contributed by atoms with Crippen LogP contribution in [-0.4, -0.2) is 69.5 Å². The monoisotopic (exact) mass is 531 g/mol. The third-order valence-electron chi connectivity index (χ3n) is 6.79. The van der Waals surface area contributed by atoms with Crippen molar-refractivity contribution < 1.29 is 28.7 Å². The zero-order valence-corrected chi connectivity index (χ0v) is 21.4. The number of rotatable bonds is 8. The fourth-order valence-corrected chi connectivity index (χ4v) is 4.79. The molecule has 4 unspecified atom stereocenters. The minimum absolute atomic E-state index is 0.0227. The van der Waals surface area contributed by atoms with E-state index in [0.29, 0.717) is 30.4 Å². The number of carbonyl (C=O) groups excluding carboxylic acids is 4. The van der Waals surface area contributed by atoms with Crippen LogP contribution in [0, 0.1) is 0 Å². The number of aromatic nitrogens is 2. The lowest BCUT2D eigenvalue weighted by molar-refractivity contribution is -0.168. The predicted molar refractivity (Wildman–Crippen MR) is 139 cm³/mol. The normalized spacial score (nSPS) is 21.4. The van der Waals surface area contributed by atoms with Gasteiger partial charge in [-0.1, -0.05) is 42.5 Å². The molecule has 3 aromatic rings. The van der Waals surface area contributed by atoms with Gasteiger partial charge in [0.05, 0.1) is 30.3 Å². The van der Waals surface area contributed by atoms with Gasteiger partial charge < -0.3 is 25.0 Å². The number of likely N-dealkylation sites (tertiary alicyclic amines) is 1. The standard InChI is InChI=1S/C28H29N5O6/c1-17(30-25(35)22-15-29-19-10-5-6-11-20(19)31-22)27(37)33-13-7-12-23(33)26(36)32-21-14-24(34)39-28(21)38-16-18-8-3-2-4-9-18/h2-6,8-11,15,17,21,23,28H,7,12-14,16H2,1H3,(H,30,35)(H,32,36). The molecule has 2 aliphatic heterocycles. The third kappa shape index (κ3) is 6.04. The molecule has 202 valence electrons. The Labute approximate surface area is 224 Å². The van der Waals surface area contributed by atoms with Crippen molar-refractivity contribution in [3.8, 4) is 0 Å². The Morgan fingerprint density at radius 2 is 1.85 bits per heavy atom. The maximum Gasteiger partial charge on any atom is 0.310 e. The van der Waals surface area contributed by atoms with Gasteiger partial charge in [0.15, 0.2) is 0 Å². The lowest BCUT2D eigenvalue weighted by Gasteiger charge is -2.28. The van der Waals surface area contributed by atoms with E-state index >= 15 is 0 Å². The van der Waals surface area contributed by atoms with E-state index in [2.05, 4.69) is 20.6 Å². The summed E-state index contributed by atoms with van der Waals surface area (Å²) in [6, 6.07) is 14.3. The maximum atomic E-state index is 13.2. The Bertz CT molecular complexity index is 1380. The quantitative estimate of drug-likeness (QED) is 0.419. The second kappa shape index (κ2) is 11.6. The summed E-state index contributed by atoms with van der Waals surface area (Å²) in [4.78, 5) is 61.2. The number of carbonyl (C=O) groups is 4. The van der Waals surface area contributed by atoms with Gasteiger partial charge in [0.25, 0.3) is 5.91 Å². The van der Waals surface area contributed by atoms with Crippen LogP contribution in [0.15, 0.2) is 60.8 Å². The number of hydrogen-bond donors (Lipinski definition) is 2. The van der Waals surface area contributed by atoms with E-state index in [1.54, 1.807) is 25.1 Å². The van der Waals surface area contributed by atoms with Gasteiger partial charge >= 0.3 is 5.97 Å². The molecule has 0 radical (unpaired) electrons. The van der Waals surface area contributed by atoms with Crippen LogP contribution in [-0.2, 0) is 30.5 Å². The fourth-order valence-electron chi connectivity index (χ4n) is 4.79. The Morgan fingerprint density at radius 3 is 2.64 bits per heavy atom. The van der Waals surface area contributed by atoms with Gasteiger partial charge in [-0.05, 0) is 37.5 Å². The molecule has 4 atom stereocenters. The molecular formula is C28H29N5O6. The minimum Gasteiger partial charge on any atom is -0.433 e. The molecule has 2 aromatic carbocycles. The number of amides is 3. The number of nitrogens with one attached hydrogen (secondary N) is 2. The van der Waals surface area contributed by atoms with Crippen LogP contribution < -0.4 is 10.6 Å². The number of fused-ring (bicyclic) bond motifs is 1. The molecule has 39 heavy (non-hydrogen) atoms. The summed E-state index contributed by atoms with van der Waals surface area (Å²) in [6.07, 6.45) is 1.52. The van der Waals surface area contributed by atoms with Crippen molar-refractivity contribution in [1.82, 2.24) is 25.5 Å². The summed E-state index contributed by atoms with van der Waals surface area (Å²) >= 11 is 0. The molecule has 0 aliphatic carbocycles. The van der Waals surface area contributed by atoms with Crippen molar-refractivity contribution in [1.29, 1.82) is 0 Å². The van der Waals surface area contributed by atoms with Gasteiger partial charge in [0.1, 0.15) is 23.8 Å². The maximum absolute atomic E-state index is 13.2. The van der Waals surface area contributed by atoms with Gasteiger partial charge in [0, 0.05) is 6.54 Å². The average molecular weight is 532 g/mol. The first-order valence-electron chi connectivity index (χ1n) is 12.9. The van der Waals surface area contributed by atoms with Crippen molar-refractivity contribution in [2.45, 2.75) is 57.2 Å². The second-order valence-corrected chi connectivity index (χ2v) is 9.60. The summed E-state index contributed by atoms with van der Waals surface area (Å²) in [5, 5.41) is 5.50. The molecule has 2 saturated heterocycles. The summed E-state index contributed by atoms with van der Waals surface area (Å²) in [5.74, 6) is -1.78. The molecule has 2 aliphatic rings. The van der Waals surface area contributed by atoms with E-state index in [1.807, 2.05) is 36.4 Å². The molecule has 3 heterocycles. The van der Waals surface area contributed by atoms with Crippen molar-refractivity contribution in [2.24, 2.45) is 0 Å². The van der Waals surface area contributed by atoms with E-state index in [0.717, 1.165) is 5.56 Å². The minimum atomic E-state index is -0.923. The van der Waals surface area contributed by atoms with Crippen molar-refractivity contribution >= 4 is 34.7 Å². The van der Waals surface area contributed by atoms with Crippen molar-refractivity contribution in [2.75, 3.05) is 6.54 Å². The second-order valence-electron chi connectivity index (χ2n) is 9.60. The van der Waals surface area contributed by atoms with E-state index in [-0.39, 0.29) is 24.6 Å². The van der Waals surface area contributed by atoms with E-state index in [1.165, 1.54) is 11.1 Å². The molecule has 0 saturated carbocycles. The zero-order valence-electron chi connectivity index (χ0n) is 21.4. The molecule has 0 bridgehead atoms. The summed E-state index contributed by atoms with van der Waals surface area (Å²) in [7, 11) is 0. The number of cyclic esters (lactones) is 1. The smallest absolute Gasteiger partial charge is 0.310 e. The van der Waals surface area contributed by atoms with Gasteiger partial charge in [-0.15, -0.1) is 0 Å². The lowest BCUT2D eigenvalue weighted by Crippen LogP contribution is -2.54. The Morgan fingerprint density at radius 1 is 1.10 bits per heavy atom. The summed E-state index contributed by atoms with van der Waals surface area (Å²) in [6.45, 7) is 2.16. The first-order valence-corrected chi connectivity index (χ1v) is 12.9. The van der Waals surface area contributed by atoms with E-state index in [4.69, 9.17) is 9.47 Å². The van der Waals surface area contributed by atoms with Crippen LogP contribution in [0.2, 0.25) is 0 Å². The van der Waals surface area contributed by atoms with E-state index in [9.17, 15) is 19.2 Å². The van der Waals surface area contributed by atoms with Crippen LogP contribution in [0.25, 0.3) is 11.0 Å². The van der Waals surface area contributed by atoms with Crippen molar-refractivity contribution in [3.63, 3.8) is 0 Å². The first kappa shape index (κ1) is 26.2.